The minimum absolute atomic E-state index is 0.0793. The van der Waals surface area contributed by atoms with Crippen molar-refractivity contribution in [1.82, 2.24) is 15.1 Å². The van der Waals surface area contributed by atoms with Gasteiger partial charge in [-0.15, -0.1) is 0 Å². The van der Waals surface area contributed by atoms with Crippen molar-refractivity contribution in [1.29, 1.82) is 0 Å². The van der Waals surface area contributed by atoms with Crippen LogP contribution in [0.2, 0.25) is 0 Å². The number of nitrogens with one attached hydrogen (secondary N) is 1. The minimum atomic E-state index is 0.0793. The number of carbonyl (C=O) groups is 1. The van der Waals surface area contributed by atoms with Gasteiger partial charge >= 0.3 is 0 Å². The van der Waals surface area contributed by atoms with Gasteiger partial charge in [0.1, 0.15) is 0 Å². The average Bonchev–Trinajstić information content (AvgIpc) is 2.97. The molecule has 0 spiro atoms. The number of nitrogens with two attached hydrogens (primary N) is 1. The van der Waals surface area contributed by atoms with E-state index >= 15 is 0 Å². The largest absolute Gasteiger partial charge is 0.341 e. The summed E-state index contributed by atoms with van der Waals surface area (Å²) in [6, 6.07) is 12.0. The zero-order valence-electron chi connectivity index (χ0n) is 11.5. The van der Waals surface area contributed by atoms with Crippen molar-refractivity contribution in [3.8, 4) is 0 Å². The standard InChI is InChI=1S/C15H20N4O/c16-8-11-19(10-7-13-4-2-1-3-5-13)15(20)12-14-6-9-17-18-14/h1-6,9H,7-8,10-12,16H2,(H,17,18). The Bertz CT molecular complexity index is 510. The predicted octanol–water partition coefficient (Wildman–Crippen LogP) is 0.982. The van der Waals surface area contributed by atoms with E-state index in [2.05, 4.69) is 22.3 Å². The second-order valence-corrected chi connectivity index (χ2v) is 4.66. The lowest BCUT2D eigenvalue weighted by Crippen LogP contribution is -2.37. The van der Waals surface area contributed by atoms with Crippen LogP contribution in [-0.2, 0) is 17.6 Å². The number of hydrogen-bond donors (Lipinski definition) is 2. The van der Waals surface area contributed by atoms with Crippen molar-refractivity contribution in [2.24, 2.45) is 5.73 Å². The highest BCUT2D eigenvalue weighted by molar-refractivity contribution is 5.78. The Morgan fingerprint density at radius 1 is 1.20 bits per heavy atom. The van der Waals surface area contributed by atoms with Crippen LogP contribution in [0.1, 0.15) is 11.3 Å². The molecule has 2 aromatic rings. The summed E-state index contributed by atoms with van der Waals surface area (Å²) in [6.45, 7) is 1.75. The molecule has 5 heteroatoms. The summed E-state index contributed by atoms with van der Waals surface area (Å²) in [7, 11) is 0. The first-order chi connectivity index (χ1) is 9.79. The third kappa shape index (κ3) is 4.20. The van der Waals surface area contributed by atoms with Gasteiger partial charge in [0, 0.05) is 31.5 Å². The number of carbonyl (C=O) groups excluding carboxylic acids is 1. The number of H-pyrrole nitrogens is 1. The summed E-state index contributed by atoms with van der Waals surface area (Å²) in [6.07, 6.45) is 2.84. The molecule has 0 unspecified atom stereocenters. The molecule has 1 aromatic heterocycles. The number of aromatic amines is 1. The topological polar surface area (TPSA) is 75.0 Å². The molecule has 106 valence electrons. The van der Waals surface area contributed by atoms with Crippen molar-refractivity contribution in [2.75, 3.05) is 19.6 Å². The highest BCUT2D eigenvalue weighted by atomic mass is 16.2. The molecular weight excluding hydrogens is 252 g/mol. The lowest BCUT2D eigenvalue weighted by Gasteiger charge is -2.21. The Morgan fingerprint density at radius 2 is 2.00 bits per heavy atom. The number of nitrogens with zero attached hydrogens (tertiary/aromatic N) is 2. The summed E-state index contributed by atoms with van der Waals surface area (Å²) in [4.78, 5) is 14.1. The molecule has 0 aliphatic rings. The van der Waals surface area contributed by atoms with Crippen molar-refractivity contribution in [2.45, 2.75) is 12.8 Å². The van der Waals surface area contributed by atoms with Crippen molar-refractivity contribution in [3.05, 3.63) is 53.9 Å². The fourth-order valence-corrected chi connectivity index (χ4v) is 2.08. The van der Waals surface area contributed by atoms with Gasteiger partial charge in [0.25, 0.3) is 0 Å². The summed E-state index contributed by atoms with van der Waals surface area (Å²) < 4.78 is 0. The number of rotatable bonds is 7. The number of benzene rings is 1. The second-order valence-electron chi connectivity index (χ2n) is 4.66. The van der Waals surface area contributed by atoms with E-state index < -0.39 is 0 Å². The van der Waals surface area contributed by atoms with Crippen LogP contribution in [0.5, 0.6) is 0 Å². The first-order valence-corrected chi connectivity index (χ1v) is 6.79. The molecule has 1 heterocycles. The average molecular weight is 272 g/mol. The van der Waals surface area contributed by atoms with Gasteiger partial charge in [-0.25, -0.2) is 0 Å². The Hall–Kier alpha value is -2.14. The Balaban J connectivity index is 1.90. The van der Waals surface area contributed by atoms with Gasteiger partial charge in [-0.3, -0.25) is 9.89 Å². The van der Waals surface area contributed by atoms with Crippen LogP contribution in [0.3, 0.4) is 0 Å². The molecule has 5 nitrogen and oxygen atoms in total. The maximum Gasteiger partial charge on any atom is 0.228 e. The quantitative estimate of drug-likeness (QED) is 0.789. The predicted molar refractivity (Wildman–Crippen MR) is 78.1 cm³/mol. The van der Waals surface area contributed by atoms with Crippen LogP contribution in [0, 0.1) is 0 Å². The van der Waals surface area contributed by atoms with Crippen molar-refractivity contribution in [3.63, 3.8) is 0 Å². The van der Waals surface area contributed by atoms with Crippen LogP contribution in [-0.4, -0.2) is 40.6 Å². The third-order valence-corrected chi connectivity index (χ3v) is 3.17. The number of aromatic nitrogens is 2. The van der Waals surface area contributed by atoms with Crippen LogP contribution in [0.4, 0.5) is 0 Å². The van der Waals surface area contributed by atoms with Crippen LogP contribution in [0.25, 0.3) is 0 Å². The third-order valence-electron chi connectivity index (χ3n) is 3.17. The van der Waals surface area contributed by atoms with Gasteiger partial charge in [0.2, 0.25) is 5.91 Å². The van der Waals surface area contributed by atoms with Crippen LogP contribution in [0.15, 0.2) is 42.6 Å². The lowest BCUT2D eigenvalue weighted by molar-refractivity contribution is -0.130. The molecule has 20 heavy (non-hydrogen) atoms. The molecule has 1 amide bonds. The maximum atomic E-state index is 12.2. The van der Waals surface area contributed by atoms with Crippen molar-refractivity contribution < 1.29 is 4.79 Å². The molecule has 0 aliphatic heterocycles. The number of amides is 1. The van der Waals surface area contributed by atoms with Gasteiger partial charge in [0.05, 0.1) is 6.42 Å². The van der Waals surface area contributed by atoms with Gasteiger partial charge < -0.3 is 10.6 Å². The molecule has 0 aliphatic carbocycles. The molecule has 0 saturated heterocycles. The zero-order valence-corrected chi connectivity index (χ0v) is 11.5. The monoisotopic (exact) mass is 272 g/mol. The molecule has 3 N–H and O–H groups in total. The van der Waals surface area contributed by atoms with Gasteiger partial charge in [-0.2, -0.15) is 5.10 Å². The van der Waals surface area contributed by atoms with E-state index in [0.29, 0.717) is 26.1 Å². The van der Waals surface area contributed by atoms with Gasteiger partial charge in [0.15, 0.2) is 0 Å². The first-order valence-electron chi connectivity index (χ1n) is 6.79. The van der Waals surface area contributed by atoms with Gasteiger partial charge in [-0.05, 0) is 18.1 Å². The van der Waals surface area contributed by atoms with E-state index in [4.69, 9.17) is 5.73 Å². The molecule has 0 atom stereocenters. The molecule has 0 bridgehead atoms. The maximum absolute atomic E-state index is 12.2. The van der Waals surface area contributed by atoms with E-state index in [1.807, 2.05) is 29.2 Å². The van der Waals surface area contributed by atoms with Crippen LogP contribution >= 0.6 is 0 Å². The Morgan fingerprint density at radius 3 is 2.65 bits per heavy atom. The van der Waals surface area contributed by atoms with Crippen LogP contribution < -0.4 is 5.73 Å². The summed E-state index contributed by atoms with van der Waals surface area (Å²) in [5.74, 6) is 0.0793. The molecular formula is C15H20N4O. The fraction of sp³-hybridized carbons (Fsp3) is 0.333. The molecule has 2 rings (SSSR count). The molecule has 1 aromatic carbocycles. The Labute approximate surface area is 118 Å². The summed E-state index contributed by atoms with van der Waals surface area (Å²) in [5, 5.41) is 6.66. The zero-order chi connectivity index (χ0) is 14.2. The van der Waals surface area contributed by atoms with Crippen molar-refractivity contribution >= 4 is 5.91 Å². The lowest BCUT2D eigenvalue weighted by atomic mass is 10.1. The van der Waals surface area contributed by atoms with E-state index in [9.17, 15) is 4.79 Å². The SMILES string of the molecule is NCCN(CCc1ccccc1)C(=O)Cc1ccn[nH]1. The molecule has 0 fully saturated rings. The second kappa shape index (κ2) is 7.45. The summed E-state index contributed by atoms with van der Waals surface area (Å²) >= 11 is 0. The smallest absolute Gasteiger partial charge is 0.228 e. The number of hydrogen-bond acceptors (Lipinski definition) is 3. The molecule has 0 saturated carbocycles. The fourth-order valence-electron chi connectivity index (χ4n) is 2.08. The summed E-state index contributed by atoms with van der Waals surface area (Å²) in [5.41, 5.74) is 7.65. The minimum Gasteiger partial charge on any atom is -0.341 e. The van der Waals surface area contributed by atoms with Gasteiger partial charge in [-0.1, -0.05) is 30.3 Å². The van der Waals surface area contributed by atoms with E-state index in [0.717, 1.165) is 12.1 Å². The van der Waals surface area contributed by atoms with E-state index in [1.165, 1.54) is 5.56 Å². The normalized spacial score (nSPS) is 10.4. The van der Waals surface area contributed by atoms with E-state index in [1.54, 1.807) is 6.20 Å². The first kappa shape index (κ1) is 14.3. The molecule has 0 radical (unpaired) electrons. The highest BCUT2D eigenvalue weighted by Crippen LogP contribution is 2.04. The highest BCUT2D eigenvalue weighted by Gasteiger charge is 2.13. The van der Waals surface area contributed by atoms with E-state index in [-0.39, 0.29) is 5.91 Å². The Kier molecular flexibility index (Phi) is 5.32.